The summed E-state index contributed by atoms with van der Waals surface area (Å²) in [6.07, 6.45) is 1.47. The Balaban J connectivity index is 1.71. The molecule has 1 heterocycles. The highest BCUT2D eigenvalue weighted by molar-refractivity contribution is 7.14. The van der Waals surface area contributed by atoms with E-state index < -0.39 is 0 Å². The van der Waals surface area contributed by atoms with Crippen molar-refractivity contribution in [3.05, 3.63) is 70.3 Å². The number of hydrazone groups is 1. The van der Waals surface area contributed by atoms with Crippen LogP contribution in [0.2, 0.25) is 5.02 Å². The SMILES string of the molecule is Fc1ccc(Cl)c(C=NNc2nc(-c3ccccc3)cs2)c1. The number of rotatable bonds is 4. The van der Waals surface area contributed by atoms with Gasteiger partial charge < -0.3 is 0 Å². The van der Waals surface area contributed by atoms with E-state index >= 15 is 0 Å². The van der Waals surface area contributed by atoms with Gasteiger partial charge in [-0.15, -0.1) is 11.3 Å². The molecule has 0 saturated heterocycles. The lowest BCUT2D eigenvalue weighted by atomic mass is 10.2. The summed E-state index contributed by atoms with van der Waals surface area (Å²) < 4.78 is 13.1. The summed E-state index contributed by atoms with van der Waals surface area (Å²) >= 11 is 7.41. The summed E-state index contributed by atoms with van der Waals surface area (Å²) in [6.45, 7) is 0. The minimum Gasteiger partial charge on any atom is -0.253 e. The fourth-order valence-electron chi connectivity index (χ4n) is 1.84. The van der Waals surface area contributed by atoms with Crippen molar-refractivity contribution in [1.82, 2.24) is 4.98 Å². The standard InChI is InChI=1S/C16H11ClFN3S/c17-14-7-6-13(18)8-12(14)9-19-21-16-20-15(10-22-16)11-4-2-1-3-5-11/h1-10H,(H,20,21). The third-order valence-corrected chi connectivity index (χ3v) is 3.99. The van der Waals surface area contributed by atoms with E-state index in [1.165, 1.54) is 35.8 Å². The monoisotopic (exact) mass is 331 g/mol. The third-order valence-electron chi connectivity index (χ3n) is 2.90. The quantitative estimate of drug-likeness (QED) is 0.536. The molecule has 0 aliphatic heterocycles. The van der Waals surface area contributed by atoms with E-state index in [-0.39, 0.29) is 5.82 Å². The fraction of sp³-hybridized carbons (Fsp3) is 0. The maximum absolute atomic E-state index is 13.1. The highest BCUT2D eigenvalue weighted by atomic mass is 35.5. The minimum atomic E-state index is -0.355. The third kappa shape index (κ3) is 3.50. The van der Waals surface area contributed by atoms with Gasteiger partial charge in [-0.25, -0.2) is 9.37 Å². The Morgan fingerprint density at radius 2 is 2.00 bits per heavy atom. The Kier molecular flexibility index (Phi) is 4.46. The summed E-state index contributed by atoms with van der Waals surface area (Å²) in [7, 11) is 0. The molecule has 3 rings (SSSR count). The molecule has 0 saturated carbocycles. The van der Waals surface area contributed by atoms with Crippen LogP contribution in [0.5, 0.6) is 0 Å². The first kappa shape index (κ1) is 14.7. The number of halogens is 2. The summed E-state index contributed by atoms with van der Waals surface area (Å²) in [6, 6.07) is 14.0. The maximum atomic E-state index is 13.1. The van der Waals surface area contributed by atoms with Crippen molar-refractivity contribution in [3.63, 3.8) is 0 Å². The first-order valence-corrected chi connectivity index (χ1v) is 7.73. The molecule has 0 atom stereocenters. The van der Waals surface area contributed by atoms with Crippen molar-refractivity contribution in [1.29, 1.82) is 0 Å². The van der Waals surface area contributed by atoms with Crippen LogP contribution in [-0.2, 0) is 0 Å². The lowest BCUT2D eigenvalue weighted by Crippen LogP contribution is -1.91. The van der Waals surface area contributed by atoms with Gasteiger partial charge in [0.15, 0.2) is 0 Å². The summed E-state index contributed by atoms with van der Waals surface area (Å²) in [5, 5.41) is 7.09. The minimum absolute atomic E-state index is 0.355. The zero-order valence-electron chi connectivity index (χ0n) is 11.3. The normalized spacial score (nSPS) is 11.0. The van der Waals surface area contributed by atoms with Crippen LogP contribution in [0.15, 0.2) is 59.0 Å². The number of aromatic nitrogens is 1. The van der Waals surface area contributed by atoms with Crippen LogP contribution in [0.4, 0.5) is 9.52 Å². The predicted octanol–water partition coefficient (Wildman–Crippen LogP) is 5.05. The molecule has 2 aromatic carbocycles. The molecule has 3 nitrogen and oxygen atoms in total. The Hall–Kier alpha value is -2.24. The molecule has 0 spiro atoms. The van der Waals surface area contributed by atoms with Crippen LogP contribution in [0.1, 0.15) is 5.56 Å². The molecule has 0 fully saturated rings. The number of anilines is 1. The zero-order chi connectivity index (χ0) is 15.4. The maximum Gasteiger partial charge on any atom is 0.203 e. The molecular formula is C16H11ClFN3S. The Morgan fingerprint density at radius 3 is 2.82 bits per heavy atom. The van der Waals surface area contributed by atoms with Crippen LogP contribution < -0.4 is 5.43 Å². The number of hydrogen-bond acceptors (Lipinski definition) is 4. The van der Waals surface area contributed by atoms with E-state index in [2.05, 4.69) is 15.5 Å². The Morgan fingerprint density at radius 1 is 1.18 bits per heavy atom. The van der Waals surface area contributed by atoms with Gasteiger partial charge in [0.25, 0.3) is 0 Å². The van der Waals surface area contributed by atoms with Gasteiger partial charge in [0.05, 0.1) is 11.9 Å². The number of benzene rings is 2. The largest absolute Gasteiger partial charge is 0.253 e. The molecule has 0 bridgehead atoms. The van der Waals surface area contributed by atoms with Gasteiger partial charge in [-0.2, -0.15) is 5.10 Å². The van der Waals surface area contributed by atoms with E-state index in [9.17, 15) is 4.39 Å². The van der Waals surface area contributed by atoms with Crippen LogP contribution in [0, 0.1) is 5.82 Å². The van der Waals surface area contributed by atoms with E-state index in [4.69, 9.17) is 11.6 Å². The number of nitrogens with zero attached hydrogens (tertiary/aromatic N) is 2. The van der Waals surface area contributed by atoms with Gasteiger partial charge in [-0.1, -0.05) is 41.9 Å². The molecule has 0 aliphatic rings. The van der Waals surface area contributed by atoms with Gasteiger partial charge in [0.1, 0.15) is 5.82 Å². The first-order chi connectivity index (χ1) is 10.7. The van der Waals surface area contributed by atoms with Crippen LogP contribution >= 0.6 is 22.9 Å². The topological polar surface area (TPSA) is 37.3 Å². The predicted molar refractivity (Wildman–Crippen MR) is 90.2 cm³/mol. The van der Waals surface area contributed by atoms with Gasteiger partial charge in [-0.05, 0) is 18.2 Å². The van der Waals surface area contributed by atoms with Crippen LogP contribution in [0.3, 0.4) is 0 Å². The van der Waals surface area contributed by atoms with E-state index in [0.29, 0.717) is 15.7 Å². The molecule has 0 radical (unpaired) electrons. The Labute approximate surface area is 136 Å². The second-order valence-electron chi connectivity index (χ2n) is 4.44. The summed E-state index contributed by atoms with van der Waals surface area (Å²) in [4.78, 5) is 4.44. The fourth-order valence-corrected chi connectivity index (χ4v) is 2.67. The van der Waals surface area contributed by atoms with Gasteiger partial charge in [0.2, 0.25) is 5.13 Å². The van der Waals surface area contributed by atoms with E-state index in [1.807, 2.05) is 35.7 Å². The lowest BCUT2D eigenvalue weighted by molar-refractivity contribution is 0.627. The molecular weight excluding hydrogens is 321 g/mol. The van der Waals surface area contributed by atoms with Gasteiger partial charge in [0, 0.05) is 21.5 Å². The molecule has 1 N–H and O–H groups in total. The zero-order valence-corrected chi connectivity index (χ0v) is 12.9. The molecule has 1 aromatic heterocycles. The van der Waals surface area contributed by atoms with Gasteiger partial charge >= 0.3 is 0 Å². The van der Waals surface area contributed by atoms with Crippen LogP contribution in [0.25, 0.3) is 11.3 Å². The van der Waals surface area contributed by atoms with Gasteiger partial charge in [-0.3, -0.25) is 5.43 Å². The van der Waals surface area contributed by atoms with Crippen LogP contribution in [-0.4, -0.2) is 11.2 Å². The molecule has 0 amide bonds. The molecule has 0 aliphatic carbocycles. The van der Waals surface area contributed by atoms with Crippen molar-refractivity contribution >= 4 is 34.3 Å². The lowest BCUT2D eigenvalue weighted by Gasteiger charge is -1.98. The van der Waals surface area contributed by atoms with Crippen molar-refractivity contribution in [2.24, 2.45) is 5.10 Å². The van der Waals surface area contributed by atoms with Crippen molar-refractivity contribution in [2.75, 3.05) is 5.43 Å². The van der Waals surface area contributed by atoms with Crippen molar-refractivity contribution in [3.8, 4) is 11.3 Å². The molecule has 110 valence electrons. The molecule has 22 heavy (non-hydrogen) atoms. The number of nitrogens with one attached hydrogen (secondary N) is 1. The average Bonchev–Trinajstić information content (AvgIpc) is 3.00. The highest BCUT2D eigenvalue weighted by Gasteiger charge is 2.03. The summed E-state index contributed by atoms with van der Waals surface area (Å²) in [5.41, 5.74) is 5.26. The highest BCUT2D eigenvalue weighted by Crippen LogP contribution is 2.24. The molecule has 6 heteroatoms. The van der Waals surface area contributed by atoms with E-state index in [0.717, 1.165) is 11.3 Å². The summed E-state index contributed by atoms with van der Waals surface area (Å²) in [5.74, 6) is -0.355. The molecule has 3 aromatic rings. The first-order valence-electron chi connectivity index (χ1n) is 6.47. The Bertz CT molecular complexity index is 802. The smallest absolute Gasteiger partial charge is 0.203 e. The average molecular weight is 332 g/mol. The van der Waals surface area contributed by atoms with Crippen molar-refractivity contribution < 1.29 is 4.39 Å². The second-order valence-corrected chi connectivity index (χ2v) is 5.71. The van der Waals surface area contributed by atoms with Crippen molar-refractivity contribution in [2.45, 2.75) is 0 Å². The number of hydrogen-bond donors (Lipinski definition) is 1. The second kappa shape index (κ2) is 6.68. The van der Waals surface area contributed by atoms with E-state index in [1.54, 1.807) is 0 Å². The number of thiazole rings is 1. The molecule has 0 unspecified atom stereocenters.